The Hall–Kier alpha value is -2.60. The van der Waals surface area contributed by atoms with E-state index >= 15 is 0 Å². The van der Waals surface area contributed by atoms with Crippen LogP contribution in [-0.2, 0) is 0 Å². The Bertz CT molecular complexity index is 850. The van der Waals surface area contributed by atoms with E-state index in [2.05, 4.69) is 36.2 Å². The number of nitrogens with zero attached hydrogens (tertiary/aromatic N) is 2. The van der Waals surface area contributed by atoms with Gasteiger partial charge in [0.2, 0.25) is 5.75 Å². The van der Waals surface area contributed by atoms with E-state index in [4.69, 9.17) is 14.2 Å². The Kier molecular flexibility index (Phi) is 5.73. The van der Waals surface area contributed by atoms with Crippen molar-refractivity contribution in [3.8, 4) is 34.3 Å². The zero-order valence-corrected chi connectivity index (χ0v) is 16.2. The standard InChI is InChI=1S/C20H22N2O3S/c1-5-26-16-8-6-14(7-9-16)20-21-10-11-22(20)15-12-17(23-2)19(25-4)18(13-15)24-3/h6-13H,5H2,1-4H3. The summed E-state index contributed by atoms with van der Waals surface area (Å²) in [5, 5.41) is 0. The van der Waals surface area contributed by atoms with Crippen molar-refractivity contribution < 1.29 is 14.2 Å². The molecule has 0 N–H and O–H groups in total. The summed E-state index contributed by atoms with van der Waals surface area (Å²) in [6.07, 6.45) is 3.71. The number of benzene rings is 2. The third-order valence-corrected chi connectivity index (χ3v) is 4.89. The highest BCUT2D eigenvalue weighted by atomic mass is 32.2. The Balaban J connectivity index is 2.05. The van der Waals surface area contributed by atoms with Crippen molar-refractivity contribution in [2.24, 2.45) is 0 Å². The van der Waals surface area contributed by atoms with Gasteiger partial charge in [-0.1, -0.05) is 19.1 Å². The lowest BCUT2D eigenvalue weighted by molar-refractivity contribution is 0.324. The maximum Gasteiger partial charge on any atom is 0.203 e. The minimum atomic E-state index is 0.571. The van der Waals surface area contributed by atoms with Crippen LogP contribution in [0.2, 0.25) is 0 Å². The summed E-state index contributed by atoms with van der Waals surface area (Å²) in [5.41, 5.74) is 1.93. The largest absolute Gasteiger partial charge is 0.493 e. The molecule has 26 heavy (non-hydrogen) atoms. The van der Waals surface area contributed by atoms with Gasteiger partial charge in [0, 0.05) is 35.0 Å². The van der Waals surface area contributed by atoms with Crippen LogP contribution in [0.15, 0.2) is 53.7 Å². The molecule has 0 aliphatic carbocycles. The second-order valence-corrected chi connectivity index (χ2v) is 6.80. The maximum absolute atomic E-state index is 5.46. The summed E-state index contributed by atoms with van der Waals surface area (Å²) in [7, 11) is 4.82. The van der Waals surface area contributed by atoms with Crippen LogP contribution in [0, 0.1) is 0 Å². The molecule has 1 heterocycles. The second-order valence-electron chi connectivity index (χ2n) is 5.46. The summed E-state index contributed by atoms with van der Waals surface area (Å²) >= 11 is 1.82. The molecule has 0 fully saturated rings. The van der Waals surface area contributed by atoms with Gasteiger partial charge in [-0.2, -0.15) is 0 Å². The van der Waals surface area contributed by atoms with Gasteiger partial charge in [-0.25, -0.2) is 4.98 Å². The summed E-state index contributed by atoms with van der Waals surface area (Å²) in [4.78, 5) is 5.79. The molecule has 0 aliphatic rings. The average Bonchev–Trinajstić information content (AvgIpc) is 3.17. The first-order chi connectivity index (χ1) is 12.7. The molecule has 3 rings (SSSR count). The number of methoxy groups -OCH3 is 3. The van der Waals surface area contributed by atoms with Gasteiger partial charge >= 0.3 is 0 Å². The lowest BCUT2D eigenvalue weighted by Gasteiger charge is -2.15. The summed E-state index contributed by atoms with van der Waals surface area (Å²) in [6.45, 7) is 2.15. The fourth-order valence-corrected chi connectivity index (χ4v) is 3.46. The second kappa shape index (κ2) is 8.19. The minimum Gasteiger partial charge on any atom is -0.493 e. The predicted molar refractivity (Wildman–Crippen MR) is 105 cm³/mol. The number of hydrogen-bond acceptors (Lipinski definition) is 5. The van der Waals surface area contributed by atoms with Crippen molar-refractivity contribution >= 4 is 11.8 Å². The Morgan fingerprint density at radius 3 is 2.15 bits per heavy atom. The van der Waals surface area contributed by atoms with Crippen molar-refractivity contribution in [1.82, 2.24) is 9.55 Å². The van der Waals surface area contributed by atoms with Crippen molar-refractivity contribution in [2.45, 2.75) is 11.8 Å². The molecular weight excluding hydrogens is 348 g/mol. The minimum absolute atomic E-state index is 0.571. The SMILES string of the molecule is CCSc1ccc(-c2nccn2-c2cc(OC)c(OC)c(OC)c2)cc1. The highest BCUT2D eigenvalue weighted by Crippen LogP contribution is 2.40. The zero-order chi connectivity index (χ0) is 18.5. The van der Waals surface area contributed by atoms with Gasteiger partial charge in [0.1, 0.15) is 5.82 Å². The molecule has 3 aromatic rings. The Morgan fingerprint density at radius 2 is 1.62 bits per heavy atom. The monoisotopic (exact) mass is 370 g/mol. The molecule has 2 aromatic carbocycles. The van der Waals surface area contributed by atoms with Gasteiger partial charge in [0.05, 0.1) is 27.0 Å². The molecule has 5 nitrogen and oxygen atoms in total. The molecule has 0 unspecified atom stereocenters. The van der Waals surface area contributed by atoms with Crippen LogP contribution in [0.3, 0.4) is 0 Å². The van der Waals surface area contributed by atoms with Crippen LogP contribution in [-0.4, -0.2) is 36.6 Å². The fourth-order valence-electron chi connectivity index (χ4n) is 2.80. The number of ether oxygens (including phenoxy) is 3. The van der Waals surface area contributed by atoms with Crippen molar-refractivity contribution in [1.29, 1.82) is 0 Å². The van der Waals surface area contributed by atoms with Crippen LogP contribution in [0.4, 0.5) is 0 Å². The van der Waals surface area contributed by atoms with Gasteiger partial charge in [0.15, 0.2) is 11.5 Å². The lowest BCUT2D eigenvalue weighted by Crippen LogP contribution is -2.00. The first-order valence-electron chi connectivity index (χ1n) is 8.28. The fraction of sp³-hybridized carbons (Fsp3) is 0.250. The molecule has 0 aliphatic heterocycles. The first-order valence-corrected chi connectivity index (χ1v) is 9.27. The summed E-state index contributed by atoms with van der Waals surface area (Å²) < 4.78 is 18.3. The van der Waals surface area contributed by atoms with Crippen LogP contribution >= 0.6 is 11.8 Å². The number of imidazole rings is 1. The molecule has 0 saturated carbocycles. The number of thioether (sulfide) groups is 1. The number of rotatable bonds is 7. The molecule has 1 aromatic heterocycles. The van der Waals surface area contributed by atoms with E-state index in [9.17, 15) is 0 Å². The maximum atomic E-state index is 5.46. The Labute approximate surface area is 157 Å². The van der Waals surface area contributed by atoms with Crippen LogP contribution in [0.1, 0.15) is 6.92 Å². The number of hydrogen-bond donors (Lipinski definition) is 0. The topological polar surface area (TPSA) is 45.5 Å². The smallest absolute Gasteiger partial charge is 0.203 e. The van der Waals surface area contributed by atoms with Gasteiger partial charge in [0.25, 0.3) is 0 Å². The van der Waals surface area contributed by atoms with Crippen molar-refractivity contribution in [3.63, 3.8) is 0 Å². The third-order valence-electron chi connectivity index (χ3n) is 3.99. The van der Waals surface area contributed by atoms with Gasteiger partial charge in [-0.15, -0.1) is 11.8 Å². The molecule has 136 valence electrons. The molecule has 0 spiro atoms. The van der Waals surface area contributed by atoms with Gasteiger partial charge in [-0.3, -0.25) is 4.57 Å². The van der Waals surface area contributed by atoms with Gasteiger partial charge < -0.3 is 14.2 Å². The lowest BCUT2D eigenvalue weighted by atomic mass is 10.2. The number of aromatic nitrogens is 2. The van der Waals surface area contributed by atoms with Crippen LogP contribution < -0.4 is 14.2 Å². The van der Waals surface area contributed by atoms with Crippen molar-refractivity contribution in [3.05, 3.63) is 48.8 Å². The first kappa shape index (κ1) is 18.2. The molecule has 6 heteroatoms. The van der Waals surface area contributed by atoms with Gasteiger partial charge in [-0.05, 0) is 17.9 Å². The molecule has 0 atom stereocenters. The molecule has 0 bridgehead atoms. The third kappa shape index (κ3) is 3.51. The summed E-state index contributed by atoms with van der Waals surface area (Å²) in [6, 6.07) is 12.3. The predicted octanol–water partition coefficient (Wildman–Crippen LogP) is 4.68. The molecular formula is C20H22N2O3S. The summed E-state index contributed by atoms with van der Waals surface area (Å²) in [5.74, 6) is 3.69. The van der Waals surface area contributed by atoms with E-state index in [1.54, 1.807) is 27.5 Å². The zero-order valence-electron chi connectivity index (χ0n) is 15.4. The Morgan fingerprint density at radius 1 is 0.962 bits per heavy atom. The highest BCUT2D eigenvalue weighted by Gasteiger charge is 2.16. The highest BCUT2D eigenvalue weighted by molar-refractivity contribution is 7.99. The molecule has 0 saturated heterocycles. The molecule has 0 amide bonds. The average molecular weight is 370 g/mol. The van der Waals surface area contributed by atoms with E-state index in [-0.39, 0.29) is 0 Å². The van der Waals surface area contributed by atoms with Crippen LogP contribution in [0.25, 0.3) is 17.1 Å². The normalized spacial score (nSPS) is 10.6. The van der Waals surface area contributed by atoms with E-state index in [0.717, 1.165) is 22.8 Å². The molecule has 0 radical (unpaired) electrons. The quantitative estimate of drug-likeness (QED) is 0.565. The van der Waals surface area contributed by atoms with Crippen LogP contribution in [0.5, 0.6) is 17.2 Å². The van der Waals surface area contributed by atoms with E-state index in [1.165, 1.54) is 4.90 Å². The van der Waals surface area contributed by atoms with E-state index in [1.807, 2.05) is 34.7 Å². The van der Waals surface area contributed by atoms with E-state index in [0.29, 0.717) is 17.2 Å². The van der Waals surface area contributed by atoms with E-state index < -0.39 is 0 Å². The van der Waals surface area contributed by atoms with Crippen molar-refractivity contribution in [2.75, 3.05) is 27.1 Å².